The highest BCUT2D eigenvalue weighted by molar-refractivity contribution is 8.93. The lowest BCUT2D eigenvalue weighted by Crippen LogP contribution is -2.59. The molecule has 5 nitrogen and oxygen atoms in total. The van der Waals surface area contributed by atoms with Gasteiger partial charge in [0, 0.05) is 0 Å². The zero-order valence-electron chi connectivity index (χ0n) is 7.21. The molecule has 1 rings (SSSR count). The minimum absolute atomic E-state index is 0. The number of amides is 1. The van der Waals surface area contributed by atoms with Gasteiger partial charge in [0.05, 0.1) is 6.54 Å². The summed E-state index contributed by atoms with van der Waals surface area (Å²) in [6.07, 6.45) is 1.26. The summed E-state index contributed by atoms with van der Waals surface area (Å²) < 4.78 is 0. The molecule has 13 heavy (non-hydrogen) atoms. The zero-order chi connectivity index (χ0) is 9.19. The Morgan fingerprint density at radius 1 is 1.46 bits per heavy atom. The van der Waals surface area contributed by atoms with Crippen molar-refractivity contribution in [3.63, 3.8) is 0 Å². The Kier molecular flexibility index (Phi) is 4.52. The van der Waals surface area contributed by atoms with E-state index in [-0.39, 0.29) is 29.3 Å². The van der Waals surface area contributed by atoms with Crippen molar-refractivity contribution in [2.45, 2.75) is 18.4 Å². The van der Waals surface area contributed by atoms with Gasteiger partial charge in [0.15, 0.2) is 11.3 Å². The van der Waals surface area contributed by atoms with Gasteiger partial charge in [-0.15, -0.1) is 17.0 Å². The van der Waals surface area contributed by atoms with E-state index in [1.807, 2.05) is 0 Å². The number of carbonyl (C=O) groups is 2. The molecule has 5 N–H and O–H groups in total. The number of rotatable bonds is 3. The van der Waals surface area contributed by atoms with Crippen molar-refractivity contribution in [2.24, 2.45) is 11.5 Å². The molecule has 0 bridgehead atoms. The third-order valence-corrected chi connectivity index (χ3v) is 2.24. The van der Waals surface area contributed by atoms with Crippen LogP contribution in [0.3, 0.4) is 0 Å². The fourth-order valence-corrected chi connectivity index (χ4v) is 1.50. The van der Waals surface area contributed by atoms with E-state index in [0.29, 0.717) is 13.0 Å². The summed E-state index contributed by atoms with van der Waals surface area (Å²) in [7, 11) is 0. The van der Waals surface area contributed by atoms with Gasteiger partial charge in [-0.2, -0.15) is 0 Å². The van der Waals surface area contributed by atoms with E-state index in [4.69, 9.17) is 11.5 Å². The molecule has 6 heteroatoms. The smallest absolute Gasteiger partial charge is 0.245 e. The van der Waals surface area contributed by atoms with Crippen molar-refractivity contribution in [2.75, 3.05) is 13.1 Å². The van der Waals surface area contributed by atoms with Crippen LogP contribution in [0.5, 0.6) is 0 Å². The third-order valence-electron chi connectivity index (χ3n) is 2.24. The highest BCUT2D eigenvalue weighted by Crippen LogP contribution is 2.19. The fourth-order valence-electron chi connectivity index (χ4n) is 1.50. The van der Waals surface area contributed by atoms with Crippen LogP contribution in [0.4, 0.5) is 0 Å². The van der Waals surface area contributed by atoms with Gasteiger partial charge in [-0.1, -0.05) is 0 Å². The van der Waals surface area contributed by atoms with E-state index < -0.39 is 11.4 Å². The molecule has 0 aromatic rings. The van der Waals surface area contributed by atoms with Crippen LogP contribution < -0.4 is 16.8 Å². The predicted molar refractivity (Wildman–Crippen MR) is 53.5 cm³/mol. The van der Waals surface area contributed by atoms with Gasteiger partial charge >= 0.3 is 0 Å². The lowest BCUT2D eigenvalue weighted by atomic mass is 9.91. The van der Waals surface area contributed by atoms with Crippen molar-refractivity contribution in [3.05, 3.63) is 0 Å². The Hall–Kier alpha value is -0.460. The van der Waals surface area contributed by atoms with Gasteiger partial charge in [0.1, 0.15) is 0 Å². The number of ketones is 1. The van der Waals surface area contributed by atoms with Gasteiger partial charge in [-0.25, -0.2) is 0 Å². The molecule has 1 aliphatic rings. The van der Waals surface area contributed by atoms with Gasteiger partial charge in [0.25, 0.3) is 0 Å². The maximum atomic E-state index is 11.3. The van der Waals surface area contributed by atoms with Crippen LogP contribution in [0.1, 0.15) is 12.8 Å². The van der Waals surface area contributed by atoms with Gasteiger partial charge in [0.2, 0.25) is 5.91 Å². The van der Waals surface area contributed by atoms with E-state index in [0.717, 1.165) is 6.42 Å². The number of hydrogen-bond donors (Lipinski definition) is 3. The summed E-state index contributed by atoms with van der Waals surface area (Å²) in [5.74, 6) is -0.928. The van der Waals surface area contributed by atoms with Crippen LogP contribution in [0, 0.1) is 0 Å². The maximum absolute atomic E-state index is 11.3. The first-order valence-electron chi connectivity index (χ1n) is 3.92. The predicted octanol–water partition coefficient (Wildman–Crippen LogP) is -1.30. The summed E-state index contributed by atoms with van der Waals surface area (Å²) in [5, 5.41) is 2.82. The monoisotopic (exact) mass is 251 g/mol. The molecule has 1 aliphatic heterocycles. The zero-order valence-corrected chi connectivity index (χ0v) is 8.92. The van der Waals surface area contributed by atoms with Gasteiger partial charge < -0.3 is 11.5 Å². The second-order valence-corrected chi connectivity index (χ2v) is 2.93. The molecule has 0 saturated carbocycles. The summed E-state index contributed by atoms with van der Waals surface area (Å²) in [6, 6.07) is 0. The van der Waals surface area contributed by atoms with Crippen molar-refractivity contribution < 1.29 is 9.59 Å². The number of Topliss-reactive ketones (excluding diaryl/α,β-unsaturated/α-hetero) is 1. The molecule has 1 atom stereocenters. The normalized spacial score (nSPS) is 26.5. The Balaban J connectivity index is 0.00000144. The van der Waals surface area contributed by atoms with E-state index >= 15 is 0 Å². The highest BCUT2D eigenvalue weighted by Gasteiger charge is 2.45. The van der Waals surface area contributed by atoms with Crippen LogP contribution in [0.2, 0.25) is 0 Å². The lowest BCUT2D eigenvalue weighted by molar-refractivity contribution is -0.134. The molecular formula is C7H14BrN3O2. The van der Waals surface area contributed by atoms with Crippen molar-refractivity contribution in [1.29, 1.82) is 0 Å². The molecule has 1 heterocycles. The van der Waals surface area contributed by atoms with Crippen molar-refractivity contribution >= 4 is 28.7 Å². The molecule has 0 aliphatic carbocycles. The first-order valence-corrected chi connectivity index (χ1v) is 3.92. The Morgan fingerprint density at radius 2 is 2.08 bits per heavy atom. The molecule has 0 aromatic heterocycles. The number of hydrogen-bond acceptors (Lipinski definition) is 4. The number of nitrogens with two attached hydrogens (primary N) is 2. The first-order chi connectivity index (χ1) is 5.63. The molecule has 1 amide bonds. The summed E-state index contributed by atoms with van der Waals surface area (Å²) >= 11 is 0. The third kappa shape index (κ3) is 2.07. The first kappa shape index (κ1) is 12.5. The lowest BCUT2D eigenvalue weighted by Gasteiger charge is -2.22. The maximum Gasteiger partial charge on any atom is 0.245 e. The SMILES string of the molecule is Br.NCC(=O)[C@@]1(C(N)=O)CCCN1. The molecule has 0 radical (unpaired) electrons. The van der Waals surface area contributed by atoms with E-state index in [2.05, 4.69) is 5.32 Å². The number of primary amides is 1. The second kappa shape index (κ2) is 4.69. The summed E-state index contributed by atoms with van der Waals surface area (Å²) in [4.78, 5) is 22.3. The molecule has 0 unspecified atom stereocenters. The van der Waals surface area contributed by atoms with Gasteiger partial charge in [-0.05, 0) is 19.4 Å². The molecule has 0 aromatic carbocycles. The summed E-state index contributed by atoms with van der Waals surface area (Å²) in [5.41, 5.74) is 9.14. The van der Waals surface area contributed by atoms with Crippen LogP contribution in [0.15, 0.2) is 0 Å². The van der Waals surface area contributed by atoms with Crippen LogP contribution in [-0.2, 0) is 9.59 Å². The molecule has 76 valence electrons. The molecular weight excluding hydrogens is 238 g/mol. The van der Waals surface area contributed by atoms with Crippen molar-refractivity contribution in [1.82, 2.24) is 5.32 Å². The molecule has 1 fully saturated rings. The van der Waals surface area contributed by atoms with E-state index in [1.165, 1.54) is 0 Å². The average molecular weight is 252 g/mol. The molecule has 1 saturated heterocycles. The topological polar surface area (TPSA) is 98.2 Å². The van der Waals surface area contributed by atoms with Gasteiger partial charge in [-0.3, -0.25) is 14.9 Å². The number of carbonyl (C=O) groups excluding carboxylic acids is 2. The van der Waals surface area contributed by atoms with Crippen molar-refractivity contribution in [3.8, 4) is 0 Å². The minimum Gasteiger partial charge on any atom is -0.368 e. The Labute approximate surface area is 87.0 Å². The van der Waals surface area contributed by atoms with Crippen LogP contribution >= 0.6 is 17.0 Å². The Bertz CT molecular complexity index is 214. The quantitative estimate of drug-likeness (QED) is 0.544. The summed E-state index contributed by atoms with van der Waals surface area (Å²) in [6.45, 7) is 0.505. The minimum atomic E-state index is -1.17. The van der Waals surface area contributed by atoms with Crippen LogP contribution in [0.25, 0.3) is 0 Å². The van der Waals surface area contributed by atoms with E-state index in [1.54, 1.807) is 0 Å². The largest absolute Gasteiger partial charge is 0.368 e. The highest BCUT2D eigenvalue weighted by atomic mass is 79.9. The average Bonchev–Trinajstić information content (AvgIpc) is 2.52. The Morgan fingerprint density at radius 3 is 2.38 bits per heavy atom. The number of nitrogens with one attached hydrogen (secondary N) is 1. The standard InChI is InChI=1S/C7H13N3O2.BrH/c8-4-5(11)7(6(9)12)2-1-3-10-7;/h10H,1-4,8H2,(H2,9,12);1H/t7-;/m1./s1. The fraction of sp³-hybridized carbons (Fsp3) is 0.714. The van der Waals surface area contributed by atoms with Crippen LogP contribution in [-0.4, -0.2) is 30.3 Å². The van der Waals surface area contributed by atoms with E-state index in [9.17, 15) is 9.59 Å². The number of halogens is 1. The molecule has 0 spiro atoms. The second-order valence-electron chi connectivity index (χ2n) is 2.93.